The van der Waals surface area contributed by atoms with Crippen LogP contribution in [0, 0.1) is 6.92 Å². The van der Waals surface area contributed by atoms with Crippen LogP contribution in [0.3, 0.4) is 0 Å². The lowest BCUT2D eigenvalue weighted by molar-refractivity contribution is -0.143. The number of rotatable bonds is 11. The molecule has 33 heavy (non-hydrogen) atoms. The monoisotopic (exact) mass is 482 g/mol. The van der Waals surface area contributed by atoms with Gasteiger partial charge in [-0.25, -0.2) is 17.9 Å². The number of carbonyl (C=O) groups excluding carboxylic acids is 2. The first-order valence-electron chi connectivity index (χ1n) is 10.5. The highest BCUT2D eigenvalue weighted by molar-refractivity contribution is 7.89. The Morgan fingerprint density at radius 2 is 1.91 bits per heavy atom. The van der Waals surface area contributed by atoms with Gasteiger partial charge in [-0.1, -0.05) is 17.7 Å². The highest BCUT2D eigenvalue weighted by Gasteiger charge is 2.36. The molecule has 2 atom stereocenters. The van der Waals surface area contributed by atoms with Gasteiger partial charge in [0.05, 0.1) is 11.4 Å². The fourth-order valence-electron chi connectivity index (χ4n) is 3.43. The molecule has 1 aliphatic rings. The number of guanidine groups is 1. The maximum absolute atomic E-state index is 12.7. The van der Waals surface area contributed by atoms with E-state index in [2.05, 4.69) is 15.0 Å². The minimum absolute atomic E-state index is 0.0293. The quantitative estimate of drug-likeness (QED) is 0.148. The molecule has 7 N–H and O–H groups in total. The van der Waals surface area contributed by atoms with E-state index in [-0.39, 0.29) is 30.4 Å². The second-order valence-corrected chi connectivity index (χ2v) is 9.50. The van der Waals surface area contributed by atoms with E-state index in [9.17, 15) is 27.9 Å². The van der Waals surface area contributed by atoms with Gasteiger partial charge in [-0.15, -0.1) is 0 Å². The fraction of sp³-hybridized carbons (Fsp3) is 0.500. The van der Waals surface area contributed by atoms with E-state index in [0.717, 1.165) is 5.56 Å². The maximum Gasteiger partial charge on any atom is 0.326 e. The van der Waals surface area contributed by atoms with Gasteiger partial charge < -0.3 is 26.8 Å². The summed E-state index contributed by atoms with van der Waals surface area (Å²) in [6.07, 6.45) is 1.33. The lowest BCUT2D eigenvalue weighted by Gasteiger charge is -2.25. The van der Waals surface area contributed by atoms with Crippen LogP contribution in [0.1, 0.15) is 31.2 Å². The molecule has 1 heterocycles. The molecule has 182 valence electrons. The van der Waals surface area contributed by atoms with Gasteiger partial charge in [-0.05, 0) is 44.7 Å². The van der Waals surface area contributed by atoms with Crippen molar-refractivity contribution in [3.63, 3.8) is 0 Å². The summed E-state index contributed by atoms with van der Waals surface area (Å²) in [6.45, 7) is 1.80. The van der Waals surface area contributed by atoms with E-state index in [1.54, 1.807) is 12.1 Å². The Labute approximate surface area is 192 Å². The molecule has 0 spiro atoms. The minimum Gasteiger partial charge on any atom is -0.480 e. The van der Waals surface area contributed by atoms with Crippen molar-refractivity contribution >= 4 is 33.8 Å². The summed E-state index contributed by atoms with van der Waals surface area (Å²) in [7, 11) is -3.89. The van der Waals surface area contributed by atoms with Crippen LogP contribution in [0.5, 0.6) is 0 Å². The van der Waals surface area contributed by atoms with Gasteiger partial charge >= 0.3 is 5.97 Å². The Bertz CT molecular complexity index is 991. The third-order valence-electron chi connectivity index (χ3n) is 5.18. The van der Waals surface area contributed by atoms with Crippen LogP contribution >= 0.6 is 0 Å². The van der Waals surface area contributed by atoms with Crippen molar-refractivity contribution in [3.05, 3.63) is 29.8 Å². The van der Waals surface area contributed by atoms with Crippen LogP contribution in [0.15, 0.2) is 34.2 Å². The van der Waals surface area contributed by atoms with Crippen LogP contribution in [0.2, 0.25) is 0 Å². The predicted molar refractivity (Wildman–Crippen MR) is 121 cm³/mol. The molecule has 0 aliphatic carbocycles. The van der Waals surface area contributed by atoms with Crippen LogP contribution in [-0.4, -0.2) is 73.9 Å². The number of amides is 2. The van der Waals surface area contributed by atoms with Gasteiger partial charge in [0.1, 0.15) is 12.1 Å². The van der Waals surface area contributed by atoms with Crippen molar-refractivity contribution in [2.45, 2.75) is 49.6 Å². The average molecular weight is 483 g/mol. The van der Waals surface area contributed by atoms with E-state index in [1.807, 2.05) is 6.92 Å². The van der Waals surface area contributed by atoms with Crippen LogP contribution in [0.25, 0.3) is 0 Å². The standard InChI is InChI=1S/C20H30N6O6S/c1-13-6-8-14(9-7-13)33(31,32)24-12-17(27)26-11-3-5-16(26)18(28)25-15(19(29)30)4-2-10-23-20(21)22/h6-9,15-16,24H,2-5,10-12H2,1H3,(H,25,28)(H,29,30)(H4,21,22,23)/t15?,16-/m0/s1. The van der Waals surface area contributed by atoms with E-state index in [4.69, 9.17) is 11.5 Å². The summed E-state index contributed by atoms with van der Waals surface area (Å²) in [4.78, 5) is 41.9. The number of sulfonamides is 1. The fourth-order valence-corrected chi connectivity index (χ4v) is 4.40. The Morgan fingerprint density at radius 1 is 1.24 bits per heavy atom. The van der Waals surface area contributed by atoms with Gasteiger partial charge in [0, 0.05) is 13.1 Å². The van der Waals surface area contributed by atoms with Gasteiger partial charge in [0.15, 0.2) is 5.96 Å². The molecule has 0 aromatic heterocycles. The molecular formula is C20H30N6O6S. The molecule has 2 amide bonds. The average Bonchev–Trinajstić information content (AvgIpc) is 3.24. The van der Waals surface area contributed by atoms with Gasteiger partial charge in [0.25, 0.3) is 0 Å². The van der Waals surface area contributed by atoms with Crippen molar-refractivity contribution in [3.8, 4) is 0 Å². The molecule has 0 saturated carbocycles. The van der Waals surface area contributed by atoms with E-state index in [0.29, 0.717) is 19.3 Å². The highest BCUT2D eigenvalue weighted by Crippen LogP contribution is 2.18. The number of hydrogen-bond acceptors (Lipinski definition) is 6. The van der Waals surface area contributed by atoms with Crippen molar-refractivity contribution in [1.82, 2.24) is 14.9 Å². The first kappa shape index (κ1) is 26.1. The zero-order chi connectivity index (χ0) is 24.6. The molecule has 0 radical (unpaired) electrons. The Kier molecular flexibility index (Phi) is 9.17. The minimum atomic E-state index is -3.89. The zero-order valence-electron chi connectivity index (χ0n) is 18.4. The van der Waals surface area contributed by atoms with E-state index in [1.165, 1.54) is 17.0 Å². The second-order valence-electron chi connectivity index (χ2n) is 7.73. The van der Waals surface area contributed by atoms with Gasteiger partial charge in [0.2, 0.25) is 21.8 Å². The number of carbonyl (C=O) groups is 3. The van der Waals surface area contributed by atoms with Crippen LogP contribution < -0.4 is 21.5 Å². The number of likely N-dealkylation sites (tertiary alicyclic amines) is 1. The smallest absolute Gasteiger partial charge is 0.326 e. The molecule has 13 heteroatoms. The molecule has 1 aliphatic heterocycles. The lowest BCUT2D eigenvalue weighted by atomic mass is 10.1. The number of aliphatic carboxylic acids is 1. The normalized spacial score (nSPS) is 16.8. The number of nitrogens with zero attached hydrogens (tertiary/aromatic N) is 2. The van der Waals surface area contributed by atoms with Crippen molar-refractivity contribution in [1.29, 1.82) is 0 Å². The lowest BCUT2D eigenvalue weighted by Crippen LogP contribution is -2.52. The third-order valence-corrected chi connectivity index (χ3v) is 6.60. The number of benzene rings is 1. The molecule has 1 unspecified atom stereocenters. The Morgan fingerprint density at radius 3 is 2.52 bits per heavy atom. The molecule has 1 fully saturated rings. The van der Waals surface area contributed by atoms with Gasteiger partial charge in [-0.3, -0.25) is 14.6 Å². The molecule has 1 saturated heterocycles. The molecule has 12 nitrogen and oxygen atoms in total. The van der Waals surface area contributed by atoms with Crippen molar-refractivity contribution in [2.24, 2.45) is 16.5 Å². The number of nitrogens with one attached hydrogen (secondary N) is 2. The molecule has 1 aromatic carbocycles. The van der Waals surface area contributed by atoms with Crippen molar-refractivity contribution in [2.75, 3.05) is 19.6 Å². The van der Waals surface area contributed by atoms with Crippen molar-refractivity contribution < 1.29 is 27.9 Å². The first-order valence-corrected chi connectivity index (χ1v) is 11.9. The number of carboxylic acid groups (broad SMARTS) is 1. The van der Waals surface area contributed by atoms with E-state index < -0.39 is 46.4 Å². The summed E-state index contributed by atoms with van der Waals surface area (Å²) in [5.74, 6) is -2.49. The molecular weight excluding hydrogens is 452 g/mol. The van der Waals surface area contributed by atoms with Crippen LogP contribution in [0.4, 0.5) is 0 Å². The SMILES string of the molecule is Cc1ccc(S(=O)(=O)NCC(=O)N2CCC[C@H]2C(=O)NC(CCCN=C(N)N)C(=O)O)cc1. The Balaban J connectivity index is 1.95. The first-order chi connectivity index (χ1) is 15.5. The molecule has 0 bridgehead atoms. The topological polar surface area (TPSA) is 197 Å². The summed E-state index contributed by atoms with van der Waals surface area (Å²) < 4.78 is 27.1. The van der Waals surface area contributed by atoms with Gasteiger partial charge in [-0.2, -0.15) is 0 Å². The maximum atomic E-state index is 12.7. The number of aryl methyl sites for hydroxylation is 1. The molecule has 2 rings (SSSR count). The number of hydrogen-bond donors (Lipinski definition) is 5. The summed E-state index contributed by atoms with van der Waals surface area (Å²) in [6, 6.07) is 4.13. The number of nitrogens with two attached hydrogens (primary N) is 2. The molecule has 1 aromatic rings. The van der Waals surface area contributed by atoms with E-state index >= 15 is 0 Å². The largest absolute Gasteiger partial charge is 0.480 e. The zero-order valence-corrected chi connectivity index (χ0v) is 19.2. The predicted octanol–water partition coefficient (Wildman–Crippen LogP) is -1.11. The summed E-state index contributed by atoms with van der Waals surface area (Å²) in [5, 5.41) is 11.8. The Hall–Kier alpha value is -3.19. The number of carboxylic acids is 1. The third kappa shape index (κ3) is 7.71. The highest BCUT2D eigenvalue weighted by atomic mass is 32.2. The summed E-state index contributed by atoms with van der Waals surface area (Å²) in [5.41, 5.74) is 11.4. The summed E-state index contributed by atoms with van der Waals surface area (Å²) >= 11 is 0. The van der Waals surface area contributed by atoms with Crippen LogP contribution in [-0.2, 0) is 24.4 Å². The number of aliphatic imine (C=N–C) groups is 1. The second kappa shape index (κ2) is 11.6.